The molecule has 8 nitrogen and oxygen atoms in total. The summed E-state index contributed by atoms with van der Waals surface area (Å²) in [5.41, 5.74) is 4.13. The standard InChI is InChI=1S/C42H49Cl2N3O5/c1-41(2,3)31-18-16-29(17-19-31)38(48)46-35(23-28-10-8-26(9-11-28)22-27-12-14-30(15-13-27)39(49)51-7)37-45-36(33-21-20-32(43)24-34(33)44)25-47(37)52-40(50)42(4,5)6/h8-15,20-21,24-25,29,31,35H,16-19,22-23H2,1-7H3,(H,46,48)/t29?,31?,35-/m0/s1. The van der Waals surface area contributed by atoms with Gasteiger partial charge in [-0.15, -0.1) is 0 Å². The average molecular weight is 747 g/mol. The lowest BCUT2D eigenvalue weighted by atomic mass is 9.69. The summed E-state index contributed by atoms with van der Waals surface area (Å²) in [5, 5.41) is 4.20. The van der Waals surface area contributed by atoms with Crippen molar-refractivity contribution in [1.82, 2.24) is 15.0 Å². The van der Waals surface area contributed by atoms with Crippen LogP contribution < -0.4 is 10.2 Å². The summed E-state index contributed by atoms with van der Waals surface area (Å²) >= 11 is 12.8. The number of carbonyl (C=O) groups excluding carboxylic acids is 3. The SMILES string of the molecule is COC(=O)c1ccc(Cc2ccc(C[C@H](NC(=O)C3CCC(C(C)(C)C)CC3)c3nc(-c4ccc(Cl)cc4Cl)cn3OC(=O)C(C)(C)C)cc2)cc1. The second-order valence-corrected chi connectivity index (χ2v) is 16.8. The van der Waals surface area contributed by atoms with E-state index in [0.29, 0.717) is 51.5 Å². The maximum Gasteiger partial charge on any atom is 0.338 e. The molecule has 1 N–H and O–H groups in total. The molecule has 4 aromatic rings. The van der Waals surface area contributed by atoms with E-state index in [-0.39, 0.29) is 23.2 Å². The predicted molar refractivity (Wildman–Crippen MR) is 205 cm³/mol. The maximum atomic E-state index is 14.0. The van der Waals surface area contributed by atoms with Crippen LogP contribution in [-0.2, 0) is 27.2 Å². The number of benzene rings is 3. The molecular formula is C42H49Cl2N3O5. The van der Waals surface area contributed by atoms with Crippen LogP contribution in [-0.4, -0.2) is 34.7 Å². The van der Waals surface area contributed by atoms with Crippen molar-refractivity contribution in [2.75, 3.05) is 7.11 Å². The molecule has 1 saturated carbocycles. The molecule has 5 rings (SSSR count). The summed E-state index contributed by atoms with van der Waals surface area (Å²) in [5.74, 6) is -0.0298. The molecule has 0 unspecified atom stereocenters. The van der Waals surface area contributed by atoms with Crippen LogP contribution in [0.5, 0.6) is 0 Å². The van der Waals surface area contributed by atoms with Crippen LogP contribution in [0.1, 0.15) is 106 Å². The van der Waals surface area contributed by atoms with E-state index >= 15 is 0 Å². The Morgan fingerprint density at radius 1 is 0.865 bits per heavy atom. The molecule has 1 aromatic heterocycles. The van der Waals surface area contributed by atoms with Gasteiger partial charge in [0.1, 0.15) is 0 Å². The number of carbonyl (C=O) groups is 3. The molecule has 1 atom stereocenters. The normalized spacial score (nSPS) is 16.9. The molecule has 1 aliphatic carbocycles. The molecule has 0 saturated heterocycles. The van der Waals surface area contributed by atoms with Crippen molar-refractivity contribution in [3.8, 4) is 11.3 Å². The van der Waals surface area contributed by atoms with Crippen LogP contribution in [0.3, 0.4) is 0 Å². The molecular weight excluding hydrogens is 697 g/mol. The Bertz CT molecular complexity index is 1880. The topological polar surface area (TPSA) is 99.5 Å². The predicted octanol–water partition coefficient (Wildman–Crippen LogP) is 9.49. The van der Waals surface area contributed by atoms with Gasteiger partial charge >= 0.3 is 11.9 Å². The molecule has 276 valence electrons. The summed E-state index contributed by atoms with van der Waals surface area (Å²) in [6.45, 7) is 12.2. The Hall–Kier alpha value is -4.14. The first kappa shape index (κ1) is 39.1. The molecule has 0 bridgehead atoms. The zero-order chi connectivity index (χ0) is 37.8. The van der Waals surface area contributed by atoms with Crippen molar-refractivity contribution in [3.05, 3.63) is 111 Å². The van der Waals surface area contributed by atoms with Crippen molar-refractivity contribution < 1.29 is 24.0 Å². The molecule has 1 aliphatic rings. The first-order valence-corrected chi connectivity index (χ1v) is 18.6. The fraction of sp³-hybridized carbons (Fsp3) is 0.429. The van der Waals surface area contributed by atoms with Crippen LogP contribution in [0.15, 0.2) is 72.9 Å². The monoisotopic (exact) mass is 745 g/mol. The minimum absolute atomic E-state index is 0.0350. The fourth-order valence-corrected chi connectivity index (χ4v) is 7.10. The minimum atomic E-state index is -0.792. The highest BCUT2D eigenvalue weighted by atomic mass is 35.5. The third-order valence-electron chi connectivity index (χ3n) is 9.90. The van der Waals surface area contributed by atoms with Crippen molar-refractivity contribution in [1.29, 1.82) is 0 Å². The Labute approximate surface area is 317 Å². The number of amides is 1. The van der Waals surface area contributed by atoms with Crippen molar-refractivity contribution in [2.24, 2.45) is 22.7 Å². The summed E-state index contributed by atoms with van der Waals surface area (Å²) in [6, 6.07) is 20.1. The van der Waals surface area contributed by atoms with Crippen LogP contribution in [0.2, 0.25) is 10.0 Å². The van der Waals surface area contributed by atoms with Crippen molar-refractivity contribution in [3.63, 3.8) is 0 Å². The van der Waals surface area contributed by atoms with Gasteiger partial charge < -0.3 is 14.9 Å². The summed E-state index contributed by atoms with van der Waals surface area (Å²) < 4.78 is 6.19. The lowest BCUT2D eigenvalue weighted by Gasteiger charge is -2.36. The van der Waals surface area contributed by atoms with Gasteiger partial charge in [-0.3, -0.25) is 4.79 Å². The number of aromatic nitrogens is 2. The Kier molecular flexibility index (Phi) is 12.2. The summed E-state index contributed by atoms with van der Waals surface area (Å²) in [4.78, 5) is 50.0. The summed E-state index contributed by atoms with van der Waals surface area (Å²) in [7, 11) is 1.37. The van der Waals surface area contributed by atoms with Gasteiger partial charge in [-0.25, -0.2) is 14.6 Å². The average Bonchev–Trinajstić information content (AvgIpc) is 3.51. The number of esters is 1. The van der Waals surface area contributed by atoms with Gasteiger partial charge in [-0.05, 0) is 111 Å². The number of halogens is 2. The quantitative estimate of drug-likeness (QED) is 0.162. The van der Waals surface area contributed by atoms with E-state index in [1.807, 2.05) is 24.3 Å². The minimum Gasteiger partial charge on any atom is -0.465 e. The molecule has 0 aliphatic heterocycles. The van der Waals surface area contributed by atoms with E-state index in [0.717, 1.165) is 42.4 Å². The van der Waals surface area contributed by atoms with Gasteiger partial charge in [0, 0.05) is 22.9 Å². The lowest BCUT2D eigenvalue weighted by Crippen LogP contribution is -2.40. The third kappa shape index (κ3) is 9.84. The number of nitrogens with one attached hydrogen (secondary N) is 1. The van der Waals surface area contributed by atoms with Crippen LogP contribution >= 0.6 is 23.2 Å². The Morgan fingerprint density at radius 2 is 1.46 bits per heavy atom. The number of hydrogen-bond acceptors (Lipinski definition) is 6. The van der Waals surface area contributed by atoms with E-state index in [2.05, 4.69) is 38.2 Å². The number of hydrogen-bond donors (Lipinski definition) is 1. The highest BCUT2D eigenvalue weighted by Crippen LogP contribution is 2.40. The highest BCUT2D eigenvalue weighted by molar-refractivity contribution is 6.36. The van der Waals surface area contributed by atoms with Crippen LogP contribution in [0.25, 0.3) is 11.3 Å². The fourth-order valence-electron chi connectivity index (χ4n) is 6.60. The largest absolute Gasteiger partial charge is 0.465 e. The molecule has 0 radical (unpaired) electrons. The smallest absolute Gasteiger partial charge is 0.338 e. The molecule has 1 heterocycles. The number of methoxy groups -OCH3 is 1. The molecule has 1 amide bonds. The second kappa shape index (κ2) is 16.3. The molecule has 0 spiro atoms. The molecule has 1 fully saturated rings. The van der Waals surface area contributed by atoms with E-state index in [1.165, 1.54) is 11.8 Å². The van der Waals surface area contributed by atoms with Gasteiger partial charge in [0.2, 0.25) is 5.91 Å². The van der Waals surface area contributed by atoms with Gasteiger partial charge in [0.15, 0.2) is 5.82 Å². The van der Waals surface area contributed by atoms with Crippen LogP contribution in [0.4, 0.5) is 0 Å². The van der Waals surface area contributed by atoms with Gasteiger partial charge in [0.25, 0.3) is 0 Å². The number of ether oxygens (including phenoxy) is 1. The first-order chi connectivity index (χ1) is 24.5. The number of rotatable bonds is 10. The summed E-state index contributed by atoms with van der Waals surface area (Å²) in [6.07, 6.45) is 6.33. The molecule has 10 heteroatoms. The van der Waals surface area contributed by atoms with E-state index in [1.54, 1.807) is 57.3 Å². The zero-order valence-corrected chi connectivity index (χ0v) is 32.6. The van der Waals surface area contributed by atoms with Gasteiger partial charge in [-0.1, -0.05) is 80.4 Å². The zero-order valence-electron chi connectivity index (χ0n) is 31.1. The number of nitrogens with zero attached hydrogens (tertiary/aromatic N) is 2. The van der Waals surface area contributed by atoms with E-state index in [4.69, 9.17) is 37.8 Å². The maximum absolute atomic E-state index is 14.0. The molecule has 3 aromatic carbocycles. The lowest BCUT2D eigenvalue weighted by molar-refractivity contribution is -0.153. The Balaban J connectivity index is 1.46. The van der Waals surface area contributed by atoms with Gasteiger partial charge in [0.05, 0.1) is 41.0 Å². The van der Waals surface area contributed by atoms with Crippen molar-refractivity contribution >= 4 is 41.0 Å². The highest BCUT2D eigenvalue weighted by Gasteiger charge is 2.35. The van der Waals surface area contributed by atoms with E-state index in [9.17, 15) is 14.4 Å². The second-order valence-electron chi connectivity index (χ2n) is 15.9. The molecule has 52 heavy (non-hydrogen) atoms. The third-order valence-corrected chi connectivity index (χ3v) is 10.4. The Morgan fingerprint density at radius 3 is 2.02 bits per heavy atom. The van der Waals surface area contributed by atoms with Crippen molar-refractivity contribution in [2.45, 2.75) is 86.1 Å². The van der Waals surface area contributed by atoms with Gasteiger partial charge in [-0.2, -0.15) is 4.73 Å². The van der Waals surface area contributed by atoms with Crippen LogP contribution in [0, 0.1) is 22.7 Å². The first-order valence-electron chi connectivity index (χ1n) is 17.8. The number of imidazole rings is 1. The van der Waals surface area contributed by atoms with E-state index < -0.39 is 17.4 Å².